The molecule has 1 aliphatic heterocycles. The first kappa shape index (κ1) is 10.3. The number of rotatable bonds is 2. The van der Waals surface area contributed by atoms with E-state index in [1.165, 1.54) is 11.4 Å². The second kappa shape index (κ2) is 4.11. The van der Waals surface area contributed by atoms with Gasteiger partial charge in [0.25, 0.3) is 0 Å². The molecule has 0 saturated heterocycles. The summed E-state index contributed by atoms with van der Waals surface area (Å²) >= 11 is 0. The van der Waals surface area contributed by atoms with Crippen molar-refractivity contribution < 1.29 is 5.11 Å². The number of likely N-dealkylation sites (N-methyl/N-ethyl adjacent to an activating group) is 1. The molecule has 0 aliphatic carbocycles. The number of hydrogen-bond acceptors (Lipinski definition) is 3. The van der Waals surface area contributed by atoms with Crippen LogP contribution in [-0.4, -0.2) is 37.9 Å². The fourth-order valence-corrected chi connectivity index (χ4v) is 2.07. The molecular weight excluding hydrogens is 188 g/mol. The lowest BCUT2D eigenvalue weighted by Gasteiger charge is -2.37. The van der Waals surface area contributed by atoms with Crippen molar-refractivity contribution in [2.45, 2.75) is 13.0 Å². The molecule has 0 amide bonds. The van der Waals surface area contributed by atoms with E-state index < -0.39 is 0 Å². The number of anilines is 2. The minimum atomic E-state index is -0.276. The molecule has 1 aliphatic rings. The number of β-amino-alcohol motifs (C(OH)–C–C–N with tert-alkyl or cyclic N) is 1. The van der Waals surface area contributed by atoms with E-state index in [1.807, 2.05) is 13.0 Å². The Morgan fingerprint density at radius 3 is 2.60 bits per heavy atom. The van der Waals surface area contributed by atoms with Gasteiger partial charge in [-0.05, 0) is 19.1 Å². The zero-order valence-electron chi connectivity index (χ0n) is 9.35. The quantitative estimate of drug-likeness (QED) is 0.790. The zero-order valence-corrected chi connectivity index (χ0v) is 9.35. The minimum absolute atomic E-state index is 0.276. The highest BCUT2D eigenvalue weighted by Gasteiger charge is 2.20. The number of para-hydroxylation sites is 2. The Morgan fingerprint density at radius 2 is 1.93 bits per heavy atom. The van der Waals surface area contributed by atoms with Gasteiger partial charge in [0.05, 0.1) is 17.5 Å². The van der Waals surface area contributed by atoms with Gasteiger partial charge in [0, 0.05) is 26.7 Å². The van der Waals surface area contributed by atoms with Crippen LogP contribution in [0, 0.1) is 0 Å². The van der Waals surface area contributed by atoms with E-state index in [1.54, 1.807) is 0 Å². The van der Waals surface area contributed by atoms with Crippen LogP contribution in [0.25, 0.3) is 0 Å². The Kier molecular flexibility index (Phi) is 2.82. The van der Waals surface area contributed by atoms with E-state index >= 15 is 0 Å². The molecule has 15 heavy (non-hydrogen) atoms. The second-order valence-electron chi connectivity index (χ2n) is 4.21. The molecule has 3 heteroatoms. The van der Waals surface area contributed by atoms with Crippen LogP contribution in [0.2, 0.25) is 0 Å². The Balaban J connectivity index is 2.28. The Morgan fingerprint density at radius 1 is 1.27 bits per heavy atom. The highest BCUT2D eigenvalue weighted by molar-refractivity contribution is 5.73. The van der Waals surface area contributed by atoms with Crippen LogP contribution in [0.15, 0.2) is 24.3 Å². The first-order valence-electron chi connectivity index (χ1n) is 5.41. The number of aliphatic hydroxyl groups excluding tert-OH is 1. The smallest absolute Gasteiger partial charge is 0.0687 e. The van der Waals surface area contributed by atoms with Gasteiger partial charge in [-0.1, -0.05) is 12.1 Å². The summed E-state index contributed by atoms with van der Waals surface area (Å²) in [6.45, 7) is 4.55. The summed E-state index contributed by atoms with van der Waals surface area (Å²) in [6, 6.07) is 8.35. The SMILES string of the molecule is C[C@H](O)CN1CCN(C)c2ccccc21. The lowest BCUT2D eigenvalue weighted by atomic mass is 10.1. The molecule has 82 valence electrons. The van der Waals surface area contributed by atoms with Gasteiger partial charge in [0.1, 0.15) is 0 Å². The van der Waals surface area contributed by atoms with E-state index in [9.17, 15) is 5.11 Å². The number of hydrogen-bond donors (Lipinski definition) is 1. The lowest BCUT2D eigenvalue weighted by molar-refractivity contribution is 0.200. The van der Waals surface area contributed by atoms with Gasteiger partial charge in [-0.15, -0.1) is 0 Å². The highest BCUT2D eigenvalue weighted by atomic mass is 16.3. The van der Waals surface area contributed by atoms with Crippen molar-refractivity contribution in [2.75, 3.05) is 36.5 Å². The van der Waals surface area contributed by atoms with Crippen LogP contribution in [0.5, 0.6) is 0 Å². The van der Waals surface area contributed by atoms with Gasteiger partial charge < -0.3 is 14.9 Å². The lowest BCUT2D eigenvalue weighted by Crippen LogP contribution is -2.42. The molecule has 0 saturated carbocycles. The average molecular weight is 206 g/mol. The van der Waals surface area contributed by atoms with Crippen molar-refractivity contribution in [2.24, 2.45) is 0 Å². The molecule has 1 aromatic carbocycles. The van der Waals surface area contributed by atoms with E-state index in [2.05, 4.69) is 35.0 Å². The molecule has 1 atom stereocenters. The summed E-state index contributed by atoms with van der Waals surface area (Å²) in [4.78, 5) is 4.51. The molecule has 3 nitrogen and oxygen atoms in total. The van der Waals surface area contributed by atoms with Crippen LogP contribution in [-0.2, 0) is 0 Å². The molecule has 0 radical (unpaired) electrons. The van der Waals surface area contributed by atoms with Gasteiger partial charge in [-0.3, -0.25) is 0 Å². The van der Waals surface area contributed by atoms with E-state index in [0.29, 0.717) is 6.54 Å². The molecule has 0 spiro atoms. The number of nitrogens with zero attached hydrogens (tertiary/aromatic N) is 2. The molecule has 0 bridgehead atoms. The van der Waals surface area contributed by atoms with Gasteiger partial charge >= 0.3 is 0 Å². The van der Waals surface area contributed by atoms with Crippen molar-refractivity contribution >= 4 is 11.4 Å². The van der Waals surface area contributed by atoms with Gasteiger partial charge in [0.2, 0.25) is 0 Å². The van der Waals surface area contributed by atoms with Crippen LogP contribution in [0.1, 0.15) is 6.92 Å². The van der Waals surface area contributed by atoms with Crippen molar-refractivity contribution in [1.82, 2.24) is 0 Å². The first-order valence-corrected chi connectivity index (χ1v) is 5.41. The molecule has 0 fully saturated rings. The molecule has 1 heterocycles. The standard InChI is InChI=1S/C12H18N2O/c1-10(15)9-14-8-7-13(2)11-5-3-4-6-12(11)14/h3-6,10,15H,7-9H2,1-2H3/t10-/m0/s1. The number of fused-ring (bicyclic) bond motifs is 1. The fourth-order valence-electron chi connectivity index (χ4n) is 2.07. The Hall–Kier alpha value is -1.22. The van der Waals surface area contributed by atoms with Crippen LogP contribution >= 0.6 is 0 Å². The number of aliphatic hydroxyl groups is 1. The van der Waals surface area contributed by atoms with E-state index in [-0.39, 0.29) is 6.10 Å². The van der Waals surface area contributed by atoms with Crippen molar-refractivity contribution in [1.29, 1.82) is 0 Å². The summed E-state index contributed by atoms with van der Waals surface area (Å²) < 4.78 is 0. The normalized spacial score (nSPS) is 17.5. The maximum Gasteiger partial charge on any atom is 0.0687 e. The predicted octanol–water partition coefficient (Wildman–Crippen LogP) is 1.32. The first-order chi connectivity index (χ1) is 7.18. The molecule has 1 aromatic rings. The van der Waals surface area contributed by atoms with Gasteiger partial charge in [0.15, 0.2) is 0 Å². The topological polar surface area (TPSA) is 26.7 Å². The third-order valence-corrected chi connectivity index (χ3v) is 2.82. The summed E-state index contributed by atoms with van der Waals surface area (Å²) in [5.74, 6) is 0. The van der Waals surface area contributed by atoms with Crippen molar-refractivity contribution in [3.8, 4) is 0 Å². The van der Waals surface area contributed by atoms with Gasteiger partial charge in [-0.25, -0.2) is 0 Å². The van der Waals surface area contributed by atoms with Crippen molar-refractivity contribution in [3.63, 3.8) is 0 Å². The zero-order chi connectivity index (χ0) is 10.8. The summed E-state index contributed by atoms with van der Waals surface area (Å²) in [5.41, 5.74) is 2.48. The minimum Gasteiger partial charge on any atom is -0.392 e. The van der Waals surface area contributed by atoms with Gasteiger partial charge in [-0.2, -0.15) is 0 Å². The van der Waals surface area contributed by atoms with Crippen LogP contribution in [0.3, 0.4) is 0 Å². The predicted molar refractivity (Wildman–Crippen MR) is 63.6 cm³/mol. The fraction of sp³-hybridized carbons (Fsp3) is 0.500. The molecular formula is C12H18N2O. The molecule has 2 rings (SSSR count). The maximum absolute atomic E-state index is 9.44. The third-order valence-electron chi connectivity index (χ3n) is 2.82. The maximum atomic E-state index is 9.44. The Bertz CT molecular complexity index is 338. The van der Waals surface area contributed by atoms with E-state index in [4.69, 9.17) is 0 Å². The molecule has 1 N–H and O–H groups in total. The molecule has 0 aromatic heterocycles. The molecule has 0 unspecified atom stereocenters. The summed E-state index contributed by atoms with van der Waals surface area (Å²) in [6.07, 6.45) is -0.276. The summed E-state index contributed by atoms with van der Waals surface area (Å²) in [7, 11) is 2.11. The Labute approximate surface area is 90.9 Å². The number of benzene rings is 1. The third kappa shape index (κ3) is 2.07. The largest absolute Gasteiger partial charge is 0.392 e. The van der Waals surface area contributed by atoms with E-state index in [0.717, 1.165) is 13.1 Å². The second-order valence-corrected chi connectivity index (χ2v) is 4.21. The van der Waals surface area contributed by atoms with Crippen molar-refractivity contribution in [3.05, 3.63) is 24.3 Å². The summed E-state index contributed by atoms with van der Waals surface area (Å²) in [5, 5.41) is 9.44. The monoisotopic (exact) mass is 206 g/mol. The van der Waals surface area contributed by atoms with Crippen LogP contribution in [0.4, 0.5) is 11.4 Å². The highest BCUT2D eigenvalue weighted by Crippen LogP contribution is 2.31. The van der Waals surface area contributed by atoms with Crippen LogP contribution < -0.4 is 9.80 Å². The average Bonchev–Trinajstić information content (AvgIpc) is 2.22.